The number of halogens is 11. The Morgan fingerprint density at radius 1 is 0.600 bits per heavy atom. The van der Waals surface area contributed by atoms with Crippen LogP contribution in [-0.4, -0.2) is 48.5 Å². The molecule has 0 heterocycles. The van der Waals surface area contributed by atoms with Gasteiger partial charge in [-0.1, -0.05) is 12.6 Å². The molecule has 0 bridgehead atoms. The highest BCUT2D eigenvalue weighted by molar-refractivity contribution is 7.81. The highest BCUT2D eigenvalue weighted by Crippen LogP contribution is 2.43. The van der Waals surface area contributed by atoms with Crippen molar-refractivity contribution in [3.05, 3.63) is 0 Å². The molecule has 0 aromatic heterocycles. The minimum absolute atomic E-state index is 1.96. The molecular weight excluding hydrogens is 337 g/mol. The first-order valence-corrected chi connectivity index (χ1v) is 5.16. The summed E-state index contributed by atoms with van der Waals surface area (Å²) < 4.78 is 136. The van der Waals surface area contributed by atoms with E-state index in [1.54, 1.807) is 0 Å². The van der Waals surface area contributed by atoms with Crippen LogP contribution in [0.15, 0.2) is 0 Å². The van der Waals surface area contributed by atoms with Gasteiger partial charge in [-0.25, -0.2) is 30.7 Å². The molecule has 0 aromatic carbocycles. The Bertz CT molecular complexity index is 303. The van der Waals surface area contributed by atoms with Crippen LogP contribution in [0.3, 0.4) is 0 Å². The summed E-state index contributed by atoms with van der Waals surface area (Å²) in [5.74, 6) is -5.86. The highest BCUT2D eigenvalue weighted by atomic mass is 32.1. The second-order valence-electron chi connectivity index (χ2n) is 3.68. The third kappa shape index (κ3) is 4.04. The van der Waals surface area contributed by atoms with E-state index in [2.05, 4.69) is 0 Å². The maximum absolute atomic E-state index is 12.8. The fraction of sp³-hybridized carbons (Fsp3) is 1.00. The molecule has 0 aliphatic rings. The highest BCUT2D eigenvalue weighted by Gasteiger charge is 2.64. The van der Waals surface area contributed by atoms with Crippen LogP contribution in [0.25, 0.3) is 0 Å². The van der Waals surface area contributed by atoms with Crippen molar-refractivity contribution in [2.75, 3.05) is 0 Å². The topological polar surface area (TPSA) is 0 Å². The monoisotopic (exact) mass is 344 g/mol. The number of rotatable bonds is 7. The van der Waals surface area contributed by atoms with Crippen LogP contribution in [0.5, 0.6) is 0 Å². The number of hydrogen-bond acceptors (Lipinski definition) is 1. The molecule has 0 radical (unpaired) electrons. The molecular formula is C8H7F11S. The molecule has 0 saturated heterocycles. The van der Waals surface area contributed by atoms with E-state index >= 15 is 0 Å². The molecule has 0 nitrogen and oxygen atoms in total. The van der Waals surface area contributed by atoms with E-state index in [0.29, 0.717) is 0 Å². The Morgan fingerprint density at radius 3 is 1.25 bits per heavy atom. The fourth-order valence-electron chi connectivity index (χ4n) is 1.02. The van der Waals surface area contributed by atoms with Crippen molar-refractivity contribution >= 4 is 12.6 Å². The molecule has 20 heavy (non-hydrogen) atoms. The Balaban J connectivity index is 5.03. The summed E-state index contributed by atoms with van der Waals surface area (Å²) in [5.41, 5.74) is 0. The molecule has 0 aliphatic carbocycles. The van der Waals surface area contributed by atoms with Gasteiger partial charge < -0.3 is 0 Å². The molecule has 0 amide bonds. The van der Waals surface area contributed by atoms with E-state index in [9.17, 15) is 48.3 Å². The zero-order valence-electron chi connectivity index (χ0n) is 9.07. The Labute approximate surface area is 110 Å². The van der Waals surface area contributed by atoms with E-state index < -0.39 is 48.5 Å². The molecule has 0 N–H and O–H groups in total. The van der Waals surface area contributed by atoms with Gasteiger partial charge in [-0.05, 0) is 0 Å². The van der Waals surface area contributed by atoms with Crippen LogP contribution in [-0.2, 0) is 0 Å². The van der Waals surface area contributed by atoms with Gasteiger partial charge in [0.2, 0.25) is 6.17 Å². The van der Waals surface area contributed by atoms with Crippen molar-refractivity contribution < 1.29 is 48.3 Å². The lowest BCUT2D eigenvalue weighted by Gasteiger charge is -2.29. The first-order chi connectivity index (χ1) is 8.75. The number of alkyl halides is 11. The predicted molar refractivity (Wildman–Crippen MR) is 49.4 cm³/mol. The molecule has 0 fully saturated rings. The number of hydrogen-bond donors (Lipinski definition) is 1. The molecule has 0 saturated carbocycles. The quantitative estimate of drug-likeness (QED) is 0.522. The smallest absolute Gasteiger partial charge is 0.241 e. The third-order valence-corrected chi connectivity index (χ3v) is 2.48. The van der Waals surface area contributed by atoms with Crippen molar-refractivity contribution in [1.82, 2.24) is 0 Å². The van der Waals surface area contributed by atoms with Crippen LogP contribution in [0.4, 0.5) is 48.3 Å². The van der Waals surface area contributed by atoms with Crippen LogP contribution in [0.1, 0.15) is 0 Å². The molecule has 12 heteroatoms. The summed E-state index contributed by atoms with van der Waals surface area (Å²) in [7, 11) is 0. The lowest BCUT2D eigenvalue weighted by atomic mass is 10.0. The van der Waals surface area contributed by atoms with Crippen molar-refractivity contribution in [2.45, 2.75) is 48.5 Å². The normalized spacial score (nSPS) is 21.4. The second-order valence-corrected chi connectivity index (χ2v) is 4.24. The lowest BCUT2D eigenvalue weighted by molar-refractivity contribution is -0.210. The van der Waals surface area contributed by atoms with E-state index in [4.69, 9.17) is 0 Å². The van der Waals surface area contributed by atoms with Gasteiger partial charge in [0.1, 0.15) is 0 Å². The maximum Gasteiger partial charge on any atom is 0.356 e. The molecule has 5 unspecified atom stereocenters. The minimum atomic E-state index is -5.86. The Kier molecular flexibility index (Phi) is 6.42. The SMILES string of the molecule is FC(F)C(F)C(F)C(F)C(F)C(F)C(F)(F)C(F)(F)S. The van der Waals surface area contributed by atoms with Crippen molar-refractivity contribution in [2.24, 2.45) is 0 Å². The summed E-state index contributed by atoms with van der Waals surface area (Å²) >= 11 is 1.96. The van der Waals surface area contributed by atoms with E-state index in [1.807, 2.05) is 12.6 Å². The van der Waals surface area contributed by atoms with Crippen LogP contribution >= 0.6 is 12.6 Å². The minimum Gasteiger partial charge on any atom is -0.241 e. The van der Waals surface area contributed by atoms with E-state index in [1.165, 1.54) is 0 Å². The zero-order chi connectivity index (χ0) is 16.5. The van der Waals surface area contributed by atoms with Gasteiger partial charge in [0, 0.05) is 0 Å². The van der Waals surface area contributed by atoms with Gasteiger partial charge >= 0.3 is 11.2 Å². The van der Waals surface area contributed by atoms with Crippen LogP contribution in [0, 0.1) is 0 Å². The third-order valence-electron chi connectivity index (χ3n) is 2.18. The standard InChI is InChI=1S/C8H7F11S/c9-1(2(10)4(12)6(14)15)3(11)5(13)7(16,17)8(18,19)20/h1-6,20H. The van der Waals surface area contributed by atoms with Crippen molar-refractivity contribution in [3.8, 4) is 0 Å². The summed E-state index contributed by atoms with van der Waals surface area (Å²) in [6.07, 6.45) is -25.1. The first kappa shape index (κ1) is 19.6. The molecule has 0 aromatic rings. The van der Waals surface area contributed by atoms with Gasteiger partial charge in [0.05, 0.1) is 0 Å². The number of thiol groups is 1. The zero-order valence-corrected chi connectivity index (χ0v) is 9.96. The lowest BCUT2D eigenvalue weighted by Crippen LogP contribution is -2.53. The van der Waals surface area contributed by atoms with Gasteiger partial charge in [-0.15, -0.1) is 0 Å². The van der Waals surface area contributed by atoms with Gasteiger partial charge in [0.25, 0.3) is 6.43 Å². The van der Waals surface area contributed by atoms with Crippen molar-refractivity contribution in [3.63, 3.8) is 0 Å². The molecule has 0 aliphatic heterocycles. The summed E-state index contributed by atoms with van der Waals surface area (Å²) in [5, 5.41) is -5.43. The molecule has 5 atom stereocenters. The Morgan fingerprint density at radius 2 is 0.950 bits per heavy atom. The maximum atomic E-state index is 12.8. The fourth-order valence-corrected chi connectivity index (χ4v) is 1.14. The van der Waals surface area contributed by atoms with Crippen LogP contribution < -0.4 is 0 Å². The van der Waals surface area contributed by atoms with E-state index in [0.717, 1.165) is 0 Å². The van der Waals surface area contributed by atoms with E-state index in [-0.39, 0.29) is 0 Å². The van der Waals surface area contributed by atoms with Gasteiger partial charge in [0.15, 0.2) is 24.7 Å². The average molecular weight is 344 g/mol. The largest absolute Gasteiger partial charge is 0.356 e. The molecule has 122 valence electrons. The summed E-state index contributed by atoms with van der Waals surface area (Å²) in [6.45, 7) is 0. The van der Waals surface area contributed by atoms with Crippen LogP contribution in [0.2, 0.25) is 0 Å². The molecule has 0 spiro atoms. The first-order valence-electron chi connectivity index (χ1n) is 4.71. The predicted octanol–water partition coefficient (Wildman–Crippen LogP) is 4.10. The summed E-state index contributed by atoms with van der Waals surface area (Å²) in [4.78, 5) is 0. The average Bonchev–Trinajstić information content (AvgIpc) is 2.32. The molecule has 0 rings (SSSR count). The second kappa shape index (κ2) is 6.56. The van der Waals surface area contributed by atoms with Gasteiger partial charge in [-0.3, -0.25) is 0 Å². The van der Waals surface area contributed by atoms with Crippen molar-refractivity contribution in [1.29, 1.82) is 0 Å². The van der Waals surface area contributed by atoms with Gasteiger partial charge in [-0.2, -0.15) is 17.6 Å². The summed E-state index contributed by atoms with van der Waals surface area (Å²) in [6, 6.07) is 0. The Hall–Kier alpha value is -0.420.